The maximum Gasteiger partial charge on any atom is 0.394 e. The molecule has 2 aromatic rings. The fourth-order valence-electron chi connectivity index (χ4n) is 3.24. The molecule has 3 rings (SSSR count). The van der Waals surface area contributed by atoms with Gasteiger partial charge in [0.05, 0.1) is 12.5 Å². The molecular formula is C16H17ClF5N3. The third-order valence-corrected chi connectivity index (χ3v) is 4.32. The van der Waals surface area contributed by atoms with Crippen LogP contribution in [0.25, 0.3) is 0 Å². The van der Waals surface area contributed by atoms with Crippen molar-refractivity contribution in [3.05, 3.63) is 53.1 Å². The summed E-state index contributed by atoms with van der Waals surface area (Å²) >= 11 is 0. The molecule has 0 radical (unpaired) electrons. The number of rotatable bonds is 2. The van der Waals surface area contributed by atoms with Gasteiger partial charge in [-0.2, -0.15) is 13.2 Å². The third-order valence-electron chi connectivity index (χ3n) is 4.32. The van der Waals surface area contributed by atoms with Crippen LogP contribution in [0.4, 0.5) is 22.0 Å². The zero-order chi connectivity index (χ0) is 17.5. The second-order valence-corrected chi connectivity index (χ2v) is 6.03. The number of nitrogens with zero attached hydrogens (tertiary/aromatic N) is 2. The van der Waals surface area contributed by atoms with Gasteiger partial charge in [-0.3, -0.25) is 0 Å². The van der Waals surface area contributed by atoms with Crippen molar-refractivity contribution in [3.63, 3.8) is 0 Å². The summed E-state index contributed by atoms with van der Waals surface area (Å²) in [4.78, 5) is 4.01. The quantitative estimate of drug-likeness (QED) is 0.790. The van der Waals surface area contributed by atoms with Gasteiger partial charge in [-0.15, -0.1) is 12.4 Å². The van der Waals surface area contributed by atoms with Crippen molar-refractivity contribution in [2.75, 3.05) is 0 Å². The van der Waals surface area contributed by atoms with Crippen molar-refractivity contribution >= 4 is 12.4 Å². The zero-order valence-corrected chi connectivity index (χ0v) is 13.9. The molecule has 138 valence electrons. The van der Waals surface area contributed by atoms with Crippen molar-refractivity contribution in [2.24, 2.45) is 5.73 Å². The summed E-state index contributed by atoms with van der Waals surface area (Å²) < 4.78 is 67.7. The van der Waals surface area contributed by atoms with Crippen molar-refractivity contribution in [1.82, 2.24) is 9.55 Å². The Bertz CT molecular complexity index is 724. The van der Waals surface area contributed by atoms with E-state index in [-0.39, 0.29) is 30.2 Å². The molecule has 3 nitrogen and oxygen atoms in total. The molecule has 1 aromatic carbocycles. The summed E-state index contributed by atoms with van der Waals surface area (Å²) in [7, 11) is 0. The van der Waals surface area contributed by atoms with Crippen LogP contribution >= 0.6 is 12.4 Å². The van der Waals surface area contributed by atoms with Gasteiger partial charge in [0, 0.05) is 29.9 Å². The van der Waals surface area contributed by atoms with Crippen LogP contribution in [0.1, 0.15) is 41.9 Å². The Morgan fingerprint density at radius 1 is 1.16 bits per heavy atom. The highest BCUT2D eigenvalue weighted by molar-refractivity contribution is 5.85. The fraction of sp³-hybridized carbons (Fsp3) is 0.438. The lowest BCUT2D eigenvalue weighted by Gasteiger charge is -2.19. The topological polar surface area (TPSA) is 43.8 Å². The predicted octanol–water partition coefficient (Wildman–Crippen LogP) is 4.27. The number of hydrogen-bond donors (Lipinski definition) is 1. The minimum Gasteiger partial charge on any atom is -0.330 e. The van der Waals surface area contributed by atoms with Gasteiger partial charge in [0.15, 0.2) is 0 Å². The molecule has 0 amide bonds. The second-order valence-electron chi connectivity index (χ2n) is 6.03. The third kappa shape index (κ3) is 4.12. The van der Waals surface area contributed by atoms with Crippen LogP contribution in [0.3, 0.4) is 0 Å². The van der Waals surface area contributed by atoms with Crippen LogP contribution in [-0.4, -0.2) is 15.7 Å². The molecule has 2 N–H and O–H groups in total. The van der Waals surface area contributed by atoms with E-state index in [0.717, 1.165) is 18.3 Å². The number of aromatic nitrogens is 2. The number of halogens is 6. The molecule has 1 aromatic heterocycles. The Hall–Kier alpha value is -1.67. The Labute approximate surface area is 147 Å². The van der Waals surface area contributed by atoms with E-state index in [1.54, 1.807) is 0 Å². The molecule has 1 aliphatic heterocycles. The van der Waals surface area contributed by atoms with Crippen molar-refractivity contribution in [1.29, 1.82) is 0 Å². The maximum atomic E-state index is 14.1. The molecule has 0 saturated heterocycles. The van der Waals surface area contributed by atoms with Crippen LogP contribution < -0.4 is 5.73 Å². The van der Waals surface area contributed by atoms with Crippen molar-refractivity contribution in [3.8, 4) is 0 Å². The number of imidazole rings is 1. The molecule has 0 saturated carbocycles. The molecule has 0 fully saturated rings. The minimum absolute atomic E-state index is 0. The monoisotopic (exact) mass is 381 g/mol. The highest BCUT2D eigenvalue weighted by Crippen LogP contribution is 2.35. The first-order chi connectivity index (χ1) is 11.3. The van der Waals surface area contributed by atoms with Crippen LogP contribution in [0.2, 0.25) is 0 Å². The number of fused-ring (bicyclic) bond motifs is 1. The van der Waals surface area contributed by atoms with E-state index in [1.165, 1.54) is 10.6 Å². The number of benzene rings is 1. The molecule has 0 bridgehead atoms. The summed E-state index contributed by atoms with van der Waals surface area (Å²) in [6, 6.07) is 2.99. The maximum absolute atomic E-state index is 14.1. The molecule has 0 aliphatic carbocycles. The summed E-state index contributed by atoms with van der Waals surface area (Å²) in [6.07, 6.45) is -3.65. The van der Waals surface area contributed by atoms with E-state index in [4.69, 9.17) is 5.73 Å². The Morgan fingerprint density at radius 2 is 1.80 bits per heavy atom. The van der Waals surface area contributed by atoms with Crippen LogP contribution in [0, 0.1) is 11.6 Å². The van der Waals surface area contributed by atoms with Gasteiger partial charge in [-0.25, -0.2) is 13.8 Å². The Balaban J connectivity index is 0.00000225. The molecule has 0 unspecified atom stereocenters. The van der Waals surface area contributed by atoms with E-state index in [0.29, 0.717) is 18.7 Å². The van der Waals surface area contributed by atoms with Gasteiger partial charge in [0.2, 0.25) is 0 Å². The normalized spacial score (nSPS) is 20.6. The first-order valence-electron chi connectivity index (χ1n) is 7.57. The summed E-state index contributed by atoms with van der Waals surface area (Å²) in [5.41, 5.74) is 5.84. The molecule has 2 heterocycles. The number of alkyl halides is 3. The van der Waals surface area contributed by atoms with Gasteiger partial charge >= 0.3 is 6.18 Å². The van der Waals surface area contributed by atoms with E-state index in [1.807, 2.05) is 0 Å². The predicted molar refractivity (Wildman–Crippen MR) is 84.5 cm³/mol. The largest absolute Gasteiger partial charge is 0.394 e. The molecule has 25 heavy (non-hydrogen) atoms. The first kappa shape index (κ1) is 19.7. The lowest BCUT2D eigenvalue weighted by molar-refractivity contribution is -0.128. The SMILES string of the molecule is Cl.N[C@@H]1CC[C@@H](c2c(F)cccc2F)Cn2c(CC(F)(F)F)cnc21. The van der Waals surface area contributed by atoms with Gasteiger partial charge < -0.3 is 10.3 Å². The van der Waals surface area contributed by atoms with Gasteiger partial charge in [0.1, 0.15) is 17.5 Å². The van der Waals surface area contributed by atoms with E-state index in [9.17, 15) is 22.0 Å². The number of nitrogens with two attached hydrogens (primary N) is 1. The summed E-state index contributed by atoms with van der Waals surface area (Å²) in [5, 5.41) is 0. The second kappa shape index (κ2) is 7.29. The first-order valence-corrected chi connectivity index (χ1v) is 7.57. The standard InChI is InChI=1S/C16H16F5N3.ClH/c17-11-2-1-3-12(18)14(11)9-4-5-13(22)15-23-7-10(24(15)8-9)6-16(19,20)21;/h1-3,7,9,13H,4-6,8,22H2;1H/t9-,13-;/m1./s1. The summed E-state index contributed by atoms with van der Waals surface area (Å²) in [6.45, 7) is 0.0201. The zero-order valence-electron chi connectivity index (χ0n) is 13.1. The van der Waals surface area contributed by atoms with E-state index >= 15 is 0 Å². The van der Waals surface area contributed by atoms with Crippen LogP contribution in [0.15, 0.2) is 24.4 Å². The van der Waals surface area contributed by atoms with Gasteiger partial charge in [-0.05, 0) is 25.0 Å². The highest BCUT2D eigenvalue weighted by atomic mass is 35.5. The number of hydrogen-bond acceptors (Lipinski definition) is 2. The van der Waals surface area contributed by atoms with E-state index in [2.05, 4.69) is 4.98 Å². The molecular weight excluding hydrogens is 365 g/mol. The average molecular weight is 382 g/mol. The lowest BCUT2D eigenvalue weighted by Crippen LogP contribution is -2.20. The minimum atomic E-state index is -4.40. The molecule has 2 atom stereocenters. The molecule has 1 aliphatic rings. The lowest BCUT2D eigenvalue weighted by atomic mass is 9.92. The van der Waals surface area contributed by atoms with Gasteiger partial charge in [-0.1, -0.05) is 6.07 Å². The van der Waals surface area contributed by atoms with Crippen molar-refractivity contribution < 1.29 is 22.0 Å². The Kier molecular flexibility index (Phi) is 5.73. The van der Waals surface area contributed by atoms with Crippen LogP contribution in [-0.2, 0) is 13.0 Å². The van der Waals surface area contributed by atoms with Crippen LogP contribution in [0.5, 0.6) is 0 Å². The van der Waals surface area contributed by atoms with E-state index < -0.39 is 36.2 Å². The van der Waals surface area contributed by atoms with Crippen molar-refractivity contribution in [2.45, 2.75) is 43.9 Å². The fourth-order valence-corrected chi connectivity index (χ4v) is 3.24. The molecule has 9 heteroatoms. The Morgan fingerprint density at radius 3 is 2.40 bits per heavy atom. The smallest absolute Gasteiger partial charge is 0.330 e. The highest BCUT2D eigenvalue weighted by Gasteiger charge is 2.33. The molecule has 0 spiro atoms. The van der Waals surface area contributed by atoms with Gasteiger partial charge in [0.25, 0.3) is 0 Å². The average Bonchev–Trinajstić information content (AvgIpc) is 2.76. The summed E-state index contributed by atoms with van der Waals surface area (Å²) in [5.74, 6) is -1.67.